The van der Waals surface area contributed by atoms with Gasteiger partial charge in [0.05, 0.1) is 0 Å². The Balaban J connectivity index is 1.38. The van der Waals surface area contributed by atoms with Gasteiger partial charge in [-0.2, -0.15) is 0 Å². The molecule has 0 nitrogen and oxygen atoms in total. The highest BCUT2D eigenvalue weighted by molar-refractivity contribution is 8.00. The molecule has 7 aromatic carbocycles. The minimum absolute atomic E-state index is 0.0500. The molecule has 272 valence electrons. The van der Waals surface area contributed by atoms with Gasteiger partial charge in [0.25, 0.3) is 0 Å². The molecule has 0 aromatic heterocycles. The molecule has 7 aromatic rings. The van der Waals surface area contributed by atoms with E-state index in [1.165, 1.54) is 57.0 Å². The Morgan fingerprint density at radius 3 is 1.45 bits per heavy atom. The Bertz CT molecular complexity index is 2550. The molecule has 0 amide bonds. The molecule has 5 heteroatoms. The normalized spacial score (nSPS) is 15.3. The van der Waals surface area contributed by atoms with Crippen LogP contribution in [-0.4, -0.2) is 24.2 Å². The van der Waals surface area contributed by atoms with Crippen LogP contribution < -0.4 is 41.5 Å². The average Bonchev–Trinajstić information content (AvgIpc) is 3.19. The van der Waals surface area contributed by atoms with E-state index < -0.39 is 24.2 Å². The molecule has 0 bridgehead atoms. The molecular weight excluding hydrogens is 749 g/mol. The second-order valence-corrected chi connectivity index (χ2v) is 31.8. The molecule has 0 unspecified atom stereocenters. The quantitative estimate of drug-likeness (QED) is 0.127. The van der Waals surface area contributed by atoms with E-state index in [-0.39, 0.29) is 5.41 Å². The highest BCUT2D eigenvalue weighted by Crippen LogP contribution is 2.42. The maximum atomic E-state index is 2.65. The molecule has 0 fully saturated rings. The third kappa shape index (κ3) is 5.76. The fourth-order valence-electron chi connectivity index (χ4n) is 9.44. The van der Waals surface area contributed by atoms with Crippen LogP contribution in [0.3, 0.4) is 0 Å². The summed E-state index contributed by atoms with van der Waals surface area (Å²) in [7, 11) is -6.86. The van der Waals surface area contributed by atoms with Gasteiger partial charge in [-0.1, -0.05) is 222 Å². The summed E-state index contributed by atoms with van der Waals surface area (Å²) in [4.78, 5) is 5.77. The van der Waals surface area contributed by atoms with Crippen molar-refractivity contribution in [3.05, 3.63) is 169 Å². The zero-order chi connectivity index (χ0) is 38.2. The van der Waals surface area contributed by atoms with Gasteiger partial charge in [0, 0.05) is 19.6 Å². The van der Waals surface area contributed by atoms with Crippen LogP contribution in [0.25, 0.3) is 11.1 Å². The van der Waals surface area contributed by atoms with E-state index in [9.17, 15) is 0 Å². The summed E-state index contributed by atoms with van der Waals surface area (Å²) in [5, 5.41) is 12.0. The fraction of sp³-hybridized carbons (Fsp3) is 0.160. The van der Waals surface area contributed by atoms with Crippen LogP contribution >= 0.6 is 23.5 Å². The molecule has 0 spiro atoms. The molecule has 0 aliphatic carbocycles. The number of fused-ring (bicyclic) bond motifs is 4. The standard InChI is InChI=1S/C50H48S2Si3/c1-50(2,3)40-33-32-37(34-39(40)38-24-18-29-45-48(38)51-41-25-14-16-27-43(41)53(45,4)5)55(35-20-10-8-11-21-35,36-22-12-9-13-23-36)47-31-19-30-46-49(47)52-42-26-15-17-28-44(42)54(46,6)7/h8-34H,1-7H3. The second kappa shape index (κ2) is 13.5. The number of hydrogen-bond donors (Lipinski definition) is 0. The predicted octanol–water partition coefficient (Wildman–Crippen LogP) is 8.60. The summed E-state index contributed by atoms with van der Waals surface area (Å²) in [5.41, 5.74) is 4.10. The first-order chi connectivity index (χ1) is 26.4. The van der Waals surface area contributed by atoms with Crippen molar-refractivity contribution < 1.29 is 0 Å². The van der Waals surface area contributed by atoms with Crippen molar-refractivity contribution in [1.29, 1.82) is 0 Å². The highest BCUT2D eigenvalue weighted by atomic mass is 32.2. The molecule has 2 heterocycles. The van der Waals surface area contributed by atoms with Gasteiger partial charge in [-0.05, 0) is 75.7 Å². The van der Waals surface area contributed by atoms with Crippen LogP contribution in [0.2, 0.25) is 26.2 Å². The zero-order valence-corrected chi connectivity index (χ0v) is 37.5. The molecule has 0 atom stereocenters. The third-order valence-corrected chi connectivity index (χ3v) is 27.5. The van der Waals surface area contributed by atoms with Crippen LogP contribution in [0.4, 0.5) is 0 Å². The molecule has 0 saturated heterocycles. The van der Waals surface area contributed by atoms with E-state index >= 15 is 0 Å². The SMILES string of the molecule is CC(C)(C)c1ccc([Si](c2ccccc2)(c2ccccc2)c2cccc3c2Sc2ccccc2[Si]3(C)C)cc1-c1cccc2c1Sc1ccccc1[Si]2(C)C. The lowest BCUT2D eigenvalue weighted by atomic mass is 9.82. The third-order valence-electron chi connectivity index (χ3n) is 12.3. The number of benzene rings is 7. The topological polar surface area (TPSA) is 0 Å². The summed E-state index contributed by atoms with van der Waals surface area (Å²) in [6, 6.07) is 63.6. The van der Waals surface area contributed by atoms with Gasteiger partial charge in [0.15, 0.2) is 8.07 Å². The van der Waals surface area contributed by atoms with E-state index in [1.54, 1.807) is 20.7 Å². The summed E-state index contributed by atoms with van der Waals surface area (Å²) in [5.74, 6) is 0. The Labute approximate surface area is 339 Å². The van der Waals surface area contributed by atoms with Gasteiger partial charge >= 0.3 is 0 Å². The van der Waals surface area contributed by atoms with E-state index in [0.717, 1.165) is 0 Å². The van der Waals surface area contributed by atoms with Gasteiger partial charge < -0.3 is 0 Å². The minimum atomic E-state index is -2.93. The molecule has 55 heavy (non-hydrogen) atoms. The van der Waals surface area contributed by atoms with Crippen molar-refractivity contribution >= 4 is 89.2 Å². The van der Waals surface area contributed by atoms with E-state index in [0.29, 0.717) is 0 Å². The smallest absolute Gasteiger partial charge is 0.0904 e. The summed E-state index contributed by atoms with van der Waals surface area (Å²) in [6.45, 7) is 17.3. The molecular formula is C50H48S2Si3. The first-order valence-corrected chi connectivity index (χ1v) is 29.2. The Hall–Kier alpha value is -4.11. The lowest BCUT2D eigenvalue weighted by Crippen LogP contribution is -2.76. The number of rotatable bonds is 5. The predicted molar refractivity (Wildman–Crippen MR) is 249 cm³/mol. The van der Waals surface area contributed by atoms with Gasteiger partial charge in [0.2, 0.25) is 0 Å². The molecule has 0 saturated carbocycles. The van der Waals surface area contributed by atoms with Gasteiger partial charge in [-0.15, -0.1) is 0 Å². The molecule has 2 aliphatic heterocycles. The van der Waals surface area contributed by atoms with Crippen LogP contribution in [0.5, 0.6) is 0 Å². The molecule has 0 radical (unpaired) electrons. The monoisotopic (exact) mass is 796 g/mol. The first-order valence-electron chi connectivity index (χ1n) is 19.5. The van der Waals surface area contributed by atoms with Crippen LogP contribution in [0.15, 0.2) is 183 Å². The lowest BCUT2D eigenvalue weighted by Gasteiger charge is -2.40. The van der Waals surface area contributed by atoms with Crippen molar-refractivity contribution in [3.8, 4) is 11.1 Å². The van der Waals surface area contributed by atoms with Gasteiger partial charge in [0.1, 0.15) is 16.1 Å². The fourth-order valence-corrected chi connectivity index (χ4v) is 26.0. The maximum Gasteiger partial charge on any atom is 0.180 e. The summed E-state index contributed by atoms with van der Waals surface area (Å²) >= 11 is 4.00. The van der Waals surface area contributed by atoms with Crippen molar-refractivity contribution in [2.24, 2.45) is 0 Å². The largest absolute Gasteiger partial charge is 0.180 e. The first kappa shape index (κ1) is 36.5. The van der Waals surface area contributed by atoms with Crippen LogP contribution in [-0.2, 0) is 5.41 Å². The van der Waals surface area contributed by atoms with E-state index in [4.69, 9.17) is 0 Å². The summed E-state index contributed by atoms with van der Waals surface area (Å²) < 4.78 is 0. The van der Waals surface area contributed by atoms with Crippen molar-refractivity contribution in [2.75, 3.05) is 0 Å². The van der Waals surface area contributed by atoms with Crippen LogP contribution in [0, 0.1) is 0 Å². The minimum Gasteiger partial charge on any atom is -0.0904 e. The number of hydrogen-bond acceptors (Lipinski definition) is 2. The Morgan fingerprint density at radius 1 is 0.418 bits per heavy atom. The van der Waals surface area contributed by atoms with Crippen molar-refractivity contribution in [2.45, 2.75) is 72.0 Å². The van der Waals surface area contributed by atoms with Crippen LogP contribution in [0.1, 0.15) is 26.3 Å². The van der Waals surface area contributed by atoms with E-state index in [1.807, 2.05) is 23.5 Å². The molecule has 9 rings (SSSR count). The van der Waals surface area contributed by atoms with Crippen molar-refractivity contribution in [1.82, 2.24) is 0 Å². The highest BCUT2D eigenvalue weighted by Gasteiger charge is 2.47. The maximum absolute atomic E-state index is 2.93. The lowest BCUT2D eigenvalue weighted by molar-refractivity contribution is 0.592. The van der Waals surface area contributed by atoms with Gasteiger partial charge in [-0.25, -0.2) is 0 Å². The molecule has 0 N–H and O–H groups in total. The van der Waals surface area contributed by atoms with E-state index in [2.05, 4.69) is 211 Å². The second-order valence-electron chi connectivity index (χ2n) is 17.3. The Kier molecular flexibility index (Phi) is 8.98. The Morgan fingerprint density at radius 2 is 0.891 bits per heavy atom. The molecule has 2 aliphatic rings. The average molecular weight is 797 g/mol. The van der Waals surface area contributed by atoms with Crippen molar-refractivity contribution in [3.63, 3.8) is 0 Å². The zero-order valence-electron chi connectivity index (χ0n) is 32.9. The van der Waals surface area contributed by atoms with Gasteiger partial charge in [-0.3, -0.25) is 0 Å². The summed E-state index contributed by atoms with van der Waals surface area (Å²) in [6.07, 6.45) is 0.